The number of morpholine rings is 1. The van der Waals surface area contributed by atoms with Gasteiger partial charge < -0.3 is 14.5 Å². The van der Waals surface area contributed by atoms with Gasteiger partial charge in [0.25, 0.3) is 0 Å². The molecule has 3 rings (SSSR count). The molecule has 0 aliphatic carbocycles. The smallest absolute Gasteiger partial charge is 0.233 e. The zero-order valence-corrected chi connectivity index (χ0v) is 14.5. The molecule has 0 spiro atoms. The van der Waals surface area contributed by atoms with Crippen LogP contribution in [0, 0.1) is 0 Å². The Morgan fingerprint density at radius 2 is 2.17 bits per heavy atom. The van der Waals surface area contributed by atoms with E-state index in [1.165, 1.54) is 4.88 Å². The van der Waals surface area contributed by atoms with Crippen molar-refractivity contribution in [2.75, 3.05) is 32.8 Å². The quantitative estimate of drug-likeness (QED) is 0.838. The molecule has 3 heterocycles. The van der Waals surface area contributed by atoms with E-state index in [-0.39, 0.29) is 6.04 Å². The van der Waals surface area contributed by atoms with Crippen molar-refractivity contribution in [1.82, 2.24) is 20.4 Å². The number of nitrogens with one attached hydrogen (secondary N) is 1. The third-order valence-corrected chi connectivity index (χ3v) is 5.10. The van der Waals surface area contributed by atoms with E-state index in [2.05, 4.69) is 44.9 Å². The molecular formula is C16H24N4O2S. The molecule has 0 bridgehead atoms. The Balaban J connectivity index is 1.63. The van der Waals surface area contributed by atoms with E-state index in [0.29, 0.717) is 17.8 Å². The second-order valence-electron chi connectivity index (χ2n) is 5.70. The van der Waals surface area contributed by atoms with Crippen molar-refractivity contribution in [1.29, 1.82) is 0 Å². The van der Waals surface area contributed by atoms with Crippen LogP contribution in [0.1, 0.15) is 42.6 Å². The Morgan fingerprint density at radius 3 is 2.83 bits per heavy atom. The average Bonchev–Trinajstić information content (AvgIpc) is 3.27. The molecule has 1 aliphatic heterocycles. The first-order valence-electron chi connectivity index (χ1n) is 8.18. The molecule has 7 heteroatoms. The molecular weight excluding hydrogens is 312 g/mol. The van der Waals surface area contributed by atoms with Crippen LogP contribution < -0.4 is 5.32 Å². The van der Waals surface area contributed by atoms with E-state index >= 15 is 0 Å². The molecule has 1 fully saturated rings. The molecule has 6 nitrogen and oxygen atoms in total. The van der Waals surface area contributed by atoms with E-state index in [4.69, 9.17) is 9.15 Å². The molecule has 0 saturated carbocycles. The number of thiophene rings is 1. The van der Waals surface area contributed by atoms with Crippen molar-refractivity contribution < 1.29 is 9.15 Å². The van der Waals surface area contributed by atoms with Crippen LogP contribution in [0.4, 0.5) is 0 Å². The maximum absolute atomic E-state index is 5.65. The zero-order valence-electron chi connectivity index (χ0n) is 13.7. The molecule has 1 aliphatic rings. The first-order valence-corrected chi connectivity index (χ1v) is 9.06. The van der Waals surface area contributed by atoms with Gasteiger partial charge in [-0.05, 0) is 18.4 Å². The predicted octanol–water partition coefficient (Wildman–Crippen LogP) is 2.42. The molecule has 0 aromatic carbocycles. The SMILES string of the molecule is CCc1nnc([C@@H](C)NC[C@@H](c2cccs2)N2CCOCC2)o1. The summed E-state index contributed by atoms with van der Waals surface area (Å²) in [6.07, 6.45) is 0.769. The molecule has 23 heavy (non-hydrogen) atoms. The molecule has 0 amide bonds. The largest absolute Gasteiger partial charge is 0.424 e. The van der Waals surface area contributed by atoms with Crippen LogP contribution in [0.25, 0.3) is 0 Å². The minimum atomic E-state index is 0.0475. The topological polar surface area (TPSA) is 63.4 Å². The molecule has 2 aromatic heterocycles. The van der Waals surface area contributed by atoms with Crippen molar-refractivity contribution in [2.24, 2.45) is 0 Å². The van der Waals surface area contributed by atoms with Crippen molar-refractivity contribution in [3.05, 3.63) is 34.2 Å². The monoisotopic (exact) mass is 336 g/mol. The lowest BCUT2D eigenvalue weighted by atomic mass is 10.1. The summed E-state index contributed by atoms with van der Waals surface area (Å²) in [6.45, 7) is 8.49. The lowest BCUT2D eigenvalue weighted by Gasteiger charge is -2.34. The van der Waals surface area contributed by atoms with Gasteiger partial charge in [-0.15, -0.1) is 21.5 Å². The normalized spacial score (nSPS) is 18.9. The van der Waals surface area contributed by atoms with E-state index in [0.717, 1.165) is 39.3 Å². The van der Waals surface area contributed by atoms with Crippen LogP contribution in [0.5, 0.6) is 0 Å². The van der Waals surface area contributed by atoms with Crippen LogP contribution in [0.15, 0.2) is 21.9 Å². The fraction of sp³-hybridized carbons (Fsp3) is 0.625. The van der Waals surface area contributed by atoms with E-state index in [1.54, 1.807) is 11.3 Å². The standard InChI is InChI=1S/C16H24N4O2S/c1-3-15-18-19-16(22-15)12(2)17-11-13(14-5-4-10-23-14)20-6-8-21-9-7-20/h4-5,10,12-13,17H,3,6-9,11H2,1-2H3/t12-,13+/m1/s1. The van der Waals surface area contributed by atoms with Gasteiger partial charge in [-0.25, -0.2) is 0 Å². The van der Waals surface area contributed by atoms with Gasteiger partial charge in [-0.3, -0.25) is 4.90 Å². The molecule has 0 radical (unpaired) electrons. The van der Waals surface area contributed by atoms with Gasteiger partial charge in [0.05, 0.1) is 25.3 Å². The number of ether oxygens (including phenoxy) is 1. The van der Waals surface area contributed by atoms with Crippen molar-refractivity contribution >= 4 is 11.3 Å². The highest BCUT2D eigenvalue weighted by molar-refractivity contribution is 7.10. The first kappa shape index (κ1) is 16.6. The van der Waals surface area contributed by atoms with Gasteiger partial charge in [0.1, 0.15) is 0 Å². The van der Waals surface area contributed by atoms with Crippen LogP contribution in [0.2, 0.25) is 0 Å². The Morgan fingerprint density at radius 1 is 1.35 bits per heavy atom. The van der Waals surface area contributed by atoms with Gasteiger partial charge in [0, 0.05) is 30.9 Å². The number of aromatic nitrogens is 2. The lowest BCUT2D eigenvalue weighted by Crippen LogP contribution is -2.42. The molecule has 126 valence electrons. The number of rotatable bonds is 7. The Hall–Kier alpha value is -1.28. The number of hydrogen-bond acceptors (Lipinski definition) is 7. The predicted molar refractivity (Wildman–Crippen MR) is 89.5 cm³/mol. The van der Waals surface area contributed by atoms with E-state index < -0.39 is 0 Å². The summed E-state index contributed by atoms with van der Waals surface area (Å²) in [6, 6.07) is 4.72. The first-order chi connectivity index (χ1) is 11.3. The van der Waals surface area contributed by atoms with Crippen LogP contribution in [-0.2, 0) is 11.2 Å². The number of hydrogen-bond donors (Lipinski definition) is 1. The minimum Gasteiger partial charge on any atom is -0.424 e. The third-order valence-electron chi connectivity index (χ3n) is 4.13. The van der Waals surface area contributed by atoms with Crippen molar-refractivity contribution in [3.63, 3.8) is 0 Å². The van der Waals surface area contributed by atoms with E-state index in [1.807, 2.05) is 6.92 Å². The highest BCUT2D eigenvalue weighted by atomic mass is 32.1. The number of aryl methyl sites for hydroxylation is 1. The molecule has 1 N–H and O–H groups in total. The van der Waals surface area contributed by atoms with Crippen LogP contribution in [-0.4, -0.2) is 47.9 Å². The summed E-state index contributed by atoms with van der Waals surface area (Å²) in [4.78, 5) is 3.87. The third kappa shape index (κ3) is 4.17. The summed E-state index contributed by atoms with van der Waals surface area (Å²) < 4.78 is 11.1. The zero-order chi connectivity index (χ0) is 16.1. The van der Waals surface area contributed by atoms with Gasteiger partial charge in [-0.1, -0.05) is 13.0 Å². The van der Waals surface area contributed by atoms with Crippen LogP contribution >= 0.6 is 11.3 Å². The fourth-order valence-electron chi connectivity index (χ4n) is 2.74. The molecule has 2 atom stereocenters. The van der Waals surface area contributed by atoms with Gasteiger partial charge in [0.2, 0.25) is 11.8 Å². The summed E-state index contributed by atoms with van der Waals surface area (Å²) in [5, 5.41) is 13.9. The second kappa shape index (κ2) is 8.01. The van der Waals surface area contributed by atoms with E-state index in [9.17, 15) is 0 Å². The van der Waals surface area contributed by atoms with Gasteiger partial charge in [0.15, 0.2) is 0 Å². The summed E-state index contributed by atoms with van der Waals surface area (Å²) in [5.74, 6) is 1.35. The van der Waals surface area contributed by atoms with Crippen LogP contribution in [0.3, 0.4) is 0 Å². The maximum Gasteiger partial charge on any atom is 0.233 e. The molecule has 0 unspecified atom stereocenters. The summed E-state index contributed by atoms with van der Waals surface area (Å²) in [5.41, 5.74) is 0. The summed E-state index contributed by atoms with van der Waals surface area (Å²) in [7, 11) is 0. The Kier molecular flexibility index (Phi) is 5.77. The molecule has 1 saturated heterocycles. The average molecular weight is 336 g/mol. The lowest BCUT2D eigenvalue weighted by molar-refractivity contribution is 0.0163. The maximum atomic E-state index is 5.65. The fourth-order valence-corrected chi connectivity index (χ4v) is 3.60. The molecule has 2 aromatic rings. The van der Waals surface area contributed by atoms with Crippen molar-refractivity contribution in [3.8, 4) is 0 Å². The highest BCUT2D eigenvalue weighted by Crippen LogP contribution is 2.26. The minimum absolute atomic E-state index is 0.0475. The van der Waals surface area contributed by atoms with Gasteiger partial charge >= 0.3 is 0 Å². The summed E-state index contributed by atoms with van der Waals surface area (Å²) >= 11 is 1.81. The highest BCUT2D eigenvalue weighted by Gasteiger charge is 2.24. The second-order valence-corrected chi connectivity index (χ2v) is 6.68. The van der Waals surface area contributed by atoms with Gasteiger partial charge in [-0.2, -0.15) is 0 Å². The van der Waals surface area contributed by atoms with Crippen molar-refractivity contribution in [2.45, 2.75) is 32.4 Å². The number of nitrogens with zero attached hydrogens (tertiary/aromatic N) is 3. The Bertz CT molecular complexity index is 581. The Labute approximate surface area is 140 Å².